The van der Waals surface area contributed by atoms with Gasteiger partial charge in [-0.2, -0.15) is 0 Å². The second-order valence-corrected chi connectivity index (χ2v) is 7.52. The van der Waals surface area contributed by atoms with Gasteiger partial charge >= 0.3 is 0 Å². The van der Waals surface area contributed by atoms with Gasteiger partial charge in [0.15, 0.2) is 5.96 Å². The Labute approximate surface area is 144 Å². The van der Waals surface area contributed by atoms with E-state index in [2.05, 4.69) is 39.4 Å². The van der Waals surface area contributed by atoms with Crippen molar-refractivity contribution in [1.82, 2.24) is 20.5 Å². The molecule has 0 aliphatic carbocycles. The minimum absolute atomic E-state index is 0.698. The van der Waals surface area contributed by atoms with E-state index in [-0.39, 0.29) is 0 Å². The zero-order valence-corrected chi connectivity index (χ0v) is 15.6. The summed E-state index contributed by atoms with van der Waals surface area (Å²) < 4.78 is 0. The molecule has 0 saturated carbocycles. The van der Waals surface area contributed by atoms with Crippen LogP contribution in [0.25, 0.3) is 0 Å². The van der Waals surface area contributed by atoms with Crippen molar-refractivity contribution in [3.05, 3.63) is 16.1 Å². The van der Waals surface area contributed by atoms with Gasteiger partial charge in [0, 0.05) is 36.8 Å². The number of nitrogens with zero attached hydrogens (tertiary/aromatic N) is 3. The second kappa shape index (κ2) is 9.88. The molecule has 2 N–H and O–H groups in total. The van der Waals surface area contributed by atoms with E-state index in [1.807, 2.05) is 13.1 Å². The van der Waals surface area contributed by atoms with Crippen molar-refractivity contribution >= 4 is 17.3 Å². The highest BCUT2D eigenvalue weighted by atomic mass is 32.1. The molecule has 1 saturated heterocycles. The number of aromatic nitrogens is 1. The number of nitrogens with one attached hydrogen (secondary N) is 2. The first kappa shape index (κ1) is 18.2. The molecule has 6 heteroatoms. The van der Waals surface area contributed by atoms with Crippen LogP contribution >= 0.6 is 11.3 Å². The van der Waals surface area contributed by atoms with Crippen molar-refractivity contribution in [2.45, 2.75) is 59.0 Å². The minimum atomic E-state index is 0.698. The quantitative estimate of drug-likeness (QED) is 0.456. The Hall–Kier alpha value is -1.14. The van der Waals surface area contributed by atoms with Gasteiger partial charge < -0.3 is 15.5 Å². The molecule has 1 aromatic rings. The molecule has 5 nitrogen and oxygen atoms in total. The molecule has 0 amide bonds. The fourth-order valence-corrected chi connectivity index (χ4v) is 3.68. The first-order valence-electron chi connectivity index (χ1n) is 8.86. The normalized spacial score (nSPS) is 19.8. The van der Waals surface area contributed by atoms with Gasteiger partial charge in [-0.1, -0.05) is 6.42 Å². The third-order valence-electron chi connectivity index (χ3n) is 4.26. The first-order valence-corrected chi connectivity index (χ1v) is 9.68. The van der Waals surface area contributed by atoms with E-state index in [1.54, 1.807) is 11.3 Å². The Kier molecular flexibility index (Phi) is 7.82. The SMILES string of the molecule is CCNC(=NCc1cnc(C)s1)NCCCN1CCCCC1C. The largest absolute Gasteiger partial charge is 0.357 e. The lowest BCUT2D eigenvalue weighted by Gasteiger charge is -2.33. The van der Waals surface area contributed by atoms with E-state index in [0.717, 1.165) is 36.5 Å². The number of thiazole rings is 1. The number of likely N-dealkylation sites (tertiary alicyclic amines) is 1. The van der Waals surface area contributed by atoms with Crippen molar-refractivity contribution in [3.8, 4) is 0 Å². The van der Waals surface area contributed by atoms with E-state index in [4.69, 9.17) is 0 Å². The van der Waals surface area contributed by atoms with Crippen molar-refractivity contribution in [2.75, 3.05) is 26.2 Å². The van der Waals surface area contributed by atoms with Crippen LogP contribution in [0.2, 0.25) is 0 Å². The van der Waals surface area contributed by atoms with E-state index in [1.165, 1.54) is 37.2 Å². The number of aliphatic imine (C=N–C) groups is 1. The van der Waals surface area contributed by atoms with Crippen LogP contribution in [0.3, 0.4) is 0 Å². The maximum atomic E-state index is 4.65. The molecule has 1 aromatic heterocycles. The molecule has 1 unspecified atom stereocenters. The van der Waals surface area contributed by atoms with Gasteiger partial charge in [-0.15, -0.1) is 11.3 Å². The van der Waals surface area contributed by atoms with Crippen LogP contribution in [-0.4, -0.2) is 48.1 Å². The average Bonchev–Trinajstić information content (AvgIpc) is 2.96. The lowest BCUT2D eigenvalue weighted by molar-refractivity contribution is 0.159. The summed E-state index contributed by atoms with van der Waals surface area (Å²) in [5.74, 6) is 0.908. The first-order chi connectivity index (χ1) is 11.2. The Balaban J connectivity index is 1.71. The lowest BCUT2D eigenvalue weighted by Crippen LogP contribution is -2.41. The van der Waals surface area contributed by atoms with Crippen LogP contribution in [0, 0.1) is 6.92 Å². The van der Waals surface area contributed by atoms with Gasteiger partial charge in [-0.05, 0) is 46.6 Å². The van der Waals surface area contributed by atoms with Gasteiger partial charge in [0.25, 0.3) is 0 Å². The fourth-order valence-electron chi connectivity index (χ4n) is 2.96. The van der Waals surface area contributed by atoms with Crippen LogP contribution < -0.4 is 10.6 Å². The molecule has 1 aliphatic heterocycles. The van der Waals surface area contributed by atoms with Crippen molar-refractivity contribution in [2.24, 2.45) is 4.99 Å². The summed E-state index contributed by atoms with van der Waals surface area (Å²) >= 11 is 1.71. The summed E-state index contributed by atoms with van der Waals surface area (Å²) in [6.45, 7) is 11.5. The molecule has 1 fully saturated rings. The lowest BCUT2D eigenvalue weighted by atomic mass is 10.0. The van der Waals surface area contributed by atoms with E-state index in [0.29, 0.717) is 6.54 Å². The molecule has 0 radical (unpaired) electrons. The predicted octanol–water partition coefficient (Wildman–Crippen LogP) is 2.77. The molecule has 23 heavy (non-hydrogen) atoms. The van der Waals surface area contributed by atoms with Crippen LogP contribution in [0.4, 0.5) is 0 Å². The van der Waals surface area contributed by atoms with E-state index < -0.39 is 0 Å². The summed E-state index contributed by atoms with van der Waals surface area (Å²) in [6.07, 6.45) is 7.19. The molecular weight excluding hydrogens is 306 g/mol. The summed E-state index contributed by atoms with van der Waals surface area (Å²) in [4.78, 5) is 12.8. The number of aryl methyl sites for hydroxylation is 1. The van der Waals surface area contributed by atoms with E-state index in [9.17, 15) is 0 Å². The van der Waals surface area contributed by atoms with Gasteiger partial charge in [0.2, 0.25) is 0 Å². The van der Waals surface area contributed by atoms with Gasteiger partial charge in [-0.25, -0.2) is 9.98 Å². The van der Waals surface area contributed by atoms with Crippen LogP contribution in [0.15, 0.2) is 11.2 Å². The Morgan fingerprint density at radius 3 is 3.00 bits per heavy atom. The highest BCUT2D eigenvalue weighted by Crippen LogP contribution is 2.16. The molecule has 130 valence electrons. The summed E-state index contributed by atoms with van der Waals surface area (Å²) in [6, 6.07) is 0.750. The zero-order valence-electron chi connectivity index (χ0n) is 14.8. The summed E-state index contributed by atoms with van der Waals surface area (Å²) in [7, 11) is 0. The van der Waals surface area contributed by atoms with Gasteiger partial charge in [0.1, 0.15) is 0 Å². The van der Waals surface area contributed by atoms with Crippen LogP contribution in [-0.2, 0) is 6.54 Å². The number of rotatable bonds is 7. The maximum absolute atomic E-state index is 4.65. The molecule has 0 aromatic carbocycles. The molecule has 2 rings (SSSR count). The number of piperidine rings is 1. The zero-order chi connectivity index (χ0) is 16.5. The Bertz CT molecular complexity index is 485. The van der Waals surface area contributed by atoms with Crippen molar-refractivity contribution in [1.29, 1.82) is 0 Å². The standard InChI is InChI=1S/C17H31N5S/c1-4-18-17(21-13-16-12-20-15(3)23-16)19-9-7-11-22-10-6-5-8-14(22)2/h12,14H,4-11,13H2,1-3H3,(H2,18,19,21). The molecule has 0 bridgehead atoms. The average molecular weight is 338 g/mol. The number of guanidine groups is 1. The predicted molar refractivity (Wildman–Crippen MR) is 99.2 cm³/mol. The van der Waals surface area contributed by atoms with Gasteiger partial charge in [-0.3, -0.25) is 0 Å². The highest BCUT2D eigenvalue weighted by molar-refractivity contribution is 7.11. The molecule has 0 spiro atoms. The topological polar surface area (TPSA) is 52.6 Å². The molecule has 1 atom stereocenters. The fraction of sp³-hybridized carbons (Fsp3) is 0.765. The molecule has 1 aliphatic rings. The van der Waals surface area contributed by atoms with Crippen LogP contribution in [0.5, 0.6) is 0 Å². The maximum Gasteiger partial charge on any atom is 0.191 e. The third kappa shape index (κ3) is 6.47. The number of hydrogen-bond donors (Lipinski definition) is 2. The summed E-state index contributed by atoms with van der Waals surface area (Å²) in [5, 5.41) is 7.87. The third-order valence-corrected chi connectivity index (χ3v) is 5.16. The minimum Gasteiger partial charge on any atom is -0.357 e. The monoisotopic (exact) mass is 337 g/mol. The van der Waals surface area contributed by atoms with E-state index >= 15 is 0 Å². The van der Waals surface area contributed by atoms with Crippen LogP contribution in [0.1, 0.15) is 49.4 Å². The Morgan fingerprint density at radius 2 is 2.30 bits per heavy atom. The summed E-state index contributed by atoms with van der Waals surface area (Å²) in [5.41, 5.74) is 0. The number of hydrogen-bond acceptors (Lipinski definition) is 4. The van der Waals surface area contributed by atoms with Crippen molar-refractivity contribution in [3.63, 3.8) is 0 Å². The smallest absolute Gasteiger partial charge is 0.191 e. The Morgan fingerprint density at radius 1 is 1.43 bits per heavy atom. The molecular formula is C17H31N5S. The van der Waals surface area contributed by atoms with Crippen molar-refractivity contribution < 1.29 is 0 Å². The molecule has 2 heterocycles. The van der Waals surface area contributed by atoms with Gasteiger partial charge in [0.05, 0.1) is 11.6 Å². The second-order valence-electron chi connectivity index (χ2n) is 6.20. The highest BCUT2D eigenvalue weighted by Gasteiger charge is 2.17.